The maximum absolute atomic E-state index is 10.9. The summed E-state index contributed by atoms with van der Waals surface area (Å²) < 4.78 is 11.1. The van der Waals surface area contributed by atoms with Gasteiger partial charge in [-0.25, -0.2) is 0 Å². The molecule has 56 heavy (non-hydrogen) atoms. The van der Waals surface area contributed by atoms with Crippen molar-refractivity contribution < 1.29 is 4.42 Å². The van der Waals surface area contributed by atoms with Crippen molar-refractivity contribution in [1.29, 1.82) is 10.5 Å². The summed E-state index contributed by atoms with van der Waals surface area (Å²) >= 11 is 0. The van der Waals surface area contributed by atoms with Crippen LogP contribution in [0.1, 0.15) is 11.1 Å². The molecule has 0 aliphatic rings. The lowest BCUT2D eigenvalue weighted by molar-refractivity contribution is 0.673. The Morgan fingerprint density at radius 3 is 1.70 bits per heavy atom. The second kappa shape index (κ2) is 12.2. The number of para-hydroxylation sites is 5. The summed E-state index contributed by atoms with van der Waals surface area (Å²) in [6, 6.07) is 64.7. The third-order valence-corrected chi connectivity index (χ3v) is 10.9. The van der Waals surface area contributed by atoms with E-state index in [4.69, 9.17) is 4.42 Å². The average molecular weight is 716 g/mol. The van der Waals surface area contributed by atoms with Gasteiger partial charge < -0.3 is 18.5 Å². The minimum atomic E-state index is 0.400. The number of anilines is 3. The molecule has 0 bridgehead atoms. The van der Waals surface area contributed by atoms with Gasteiger partial charge in [-0.05, 0) is 84.9 Å². The Bertz CT molecular complexity index is 3360. The number of nitrogens with zero attached hydrogens (tertiary/aromatic N) is 5. The van der Waals surface area contributed by atoms with Crippen LogP contribution in [0.15, 0.2) is 180 Å². The summed E-state index contributed by atoms with van der Waals surface area (Å²) in [6.45, 7) is 0. The lowest BCUT2D eigenvalue weighted by Gasteiger charge is -2.25. The zero-order chi connectivity index (χ0) is 37.3. The van der Waals surface area contributed by atoms with Crippen molar-refractivity contribution in [3.8, 4) is 23.5 Å². The largest absolute Gasteiger partial charge is 0.455 e. The summed E-state index contributed by atoms with van der Waals surface area (Å²) in [4.78, 5) is 2.26. The predicted octanol–water partition coefficient (Wildman–Crippen LogP) is 13.0. The van der Waals surface area contributed by atoms with Crippen molar-refractivity contribution in [2.75, 3.05) is 4.90 Å². The van der Waals surface area contributed by atoms with E-state index in [1.807, 2.05) is 60.7 Å². The van der Waals surface area contributed by atoms with E-state index in [2.05, 4.69) is 135 Å². The highest BCUT2D eigenvalue weighted by Gasteiger charge is 2.26. The number of hydrogen-bond donors (Lipinski definition) is 0. The molecule has 3 aromatic heterocycles. The molecule has 0 spiro atoms. The summed E-state index contributed by atoms with van der Waals surface area (Å²) in [5.74, 6) is 0. The second-order valence-corrected chi connectivity index (χ2v) is 14.0. The fraction of sp³-hybridized carbons (Fsp3) is 0. The molecule has 0 atom stereocenters. The first kappa shape index (κ1) is 31.5. The summed E-state index contributed by atoms with van der Waals surface area (Å²) in [5.41, 5.74) is 10.6. The Balaban J connectivity index is 1.30. The minimum absolute atomic E-state index is 0.400. The van der Waals surface area contributed by atoms with E-state index >= 15 is 0 Å². The smallest absolute Gasteiger partial charge is 0.145 e. The van der Waals surface area contributed by atoms with Gasteiger partial charge in [-0.2, -0.15) is 10.5 Å². The SMILES string of the molecule is N#Cc1cc(C#N)c(-n2c3ccccc3c3ccccc32)c(-n2c3ccc(N(c4ccccc4)c4ccccc4)cc3c3c4oc5ccccc5c4ccc32)c1. The normalized spacial score (nSPS) is 11.5. The lowest BCUT2D eigenvalue weighted by Crippen LogP contribution is -2.09. The van der Waals surface area contributed by atoms with Crippen LogP contribution in [0.25, 0.3) is 76.9 Å². The van der Waals surface area contributed by atoms with Gasteiger partial charge in [-0.3, -0.25) is 0 Å². The van der Waals surface area contributed by atoms with Crippen LogP contribution >= 0.6 is 0 Å². The highest BCUT2D eigenvalue weighted by atomic mass is 16.3. The Hall–Kier alpha value is -8.06. The van der Waals surface area contributed by atoms with Crippen molar-refractivity contribution >= 4 is 82.6 Å². The fourth-order valence-electron chi connectivity index (χ4n) is 8.61. The van der Waals surface area contributed by atoms with Gasteiger partial charge in [-0.15, -0.1) is 0 Å². The lowest BCUT2D eigenvalue weighted by atomic mass is 10.1. The second-order valence-electron chi connectivity index (χ2n) is 14.0. The summed E-state index contributed by atoms with van der Waals surface area (Å²) in [6.07, 6.45) is 0. The van der Waals surface area contributed by atoms with Gasteiger partial charge in [0.2, 0.25) is 0 Å². The number of nitriles is 2. The van der Waals surface area contributed by atoms with E-state index < -0.39 is 0 Å². The standard InChI is InChI=1S/C50H29N5O/c51-30-32-27-33(31-52)49(55-42-20-10-7-17-37(42)38-18-8-11-21-43(38)55)46(28-32)54-44-25-23-36(53(34-13-3-1-4-14-34)35-15-5-2-6-16-35)29-41(44)48-45(54)26-24-40-39-19-9-12-22-47(39)56-50(40)48/h1-29H. The van der Waals surface area contributed by atoms with Crippen LogP contribution in [-0.4, -0.2) is 9.13 Å². The molecule has 0 amide bonds. The zero-order valence-corrected chi connectivity index (χ0v) is 29.9. The molecular formula is C50H29N5O. The van der Waals surface area contributed by atoms with E-state index in [0.29, 0.717) is 16.8 Å². The number of rotatable bonds is 5. The Labute approximate surface area is 321 Å². The monoisotopic (exact) mass is 715 g/mol. The first-order chi connectivity index (χ1) is 27.7. The molecule has 0 saturated heterocycles. The Morgan fingerprint density at radius 2 is 1.04 bits per heavy atom. The minimum Gasteiger partial charge on any atom is -0.455 e. The number of furan rings is 1. The third-order valence-electron chi connectivity index (χ3n) is 10.9. The molecule has 0 radical (unpaired) electrons. The van der Waals surface area contributed by atoms with Crippen LogP contribution < -0.4 is 4.90 Å². The van der Waals surface area contributed by atoms with Gasteiger partial charge in [0, 0.05) is 44.0 Å². The highest BCUT2D eigenvalue weighted by molar-refractivity contribution is 6.24. The highest BCUT2D eigenvalue weighted by Crippen LogP contribution is 2.45. The van der Waals surface area contributed by atoms with Crippen LogP contribution in [0, 0.1) is 22.7 Å². The molecule has 0 saturated carbocycles. The van der Waals surface area contributed by atoms with Crippen molar-refractivity contribution in [3.05, 3.63) is 187 Å². The molecule has 0 fully saturated rings. The Kier molecular flexibility index (Phi) is 6.88. The summed E-state index contributed by atoms with van der Waals surface area (Å²) in [5, 5.41) is 27.4. The summed E-state index contributed by atoms with van der Waals surface area (Å²) in [7, 11) is 0. The quantitative estimate of drug-likeness (QED) is 0.178. The number of aromatic nitrogens is 2. The van der Waals surface area contributed by atoms with Gasteiger partial charge in [0.15, 0.2) is 0 Å². The maximum atomic E-state index is 10.9. The third kappa shape index (κ3) is 4.54. The van der Waals surface area contributed by atoms with Gasteiger partial charge in [-0.1, -0.05) is 91.0 Å². The van der Waals surface area contributed by atoms with Gasteiger partial charge in [0.1, 0.15) is 17.2 Å². The van der Waals surface area contributed by atoms with Crippen molar-refractivity contribution in [3.63, 3.8) is 0 Å². The average Bonchev–Trinajstić information content (AvgIpc) is 3.91. The van der Waals surface area contributed by atoms with E-state index in [1.54, 1.807) is 6.07 Å². The molecule has 0 N–H and O–H groups in total. The maximum Gasteiger partial charge on any atom is 0.145 e. The zero-order valence-electron chi connectivity index (χ0n) is 29.9. The molecule has 6 nitrogen and oxygen atoms in total. The van der Waals surface area contributed by atoms with Crippen LogP contribution in [0.4, 0.5) is 17.1 Å². The number of fused-ring (bicyclic) bond motifs is 10. The van der Waals surface area contributed by atoms with E-state index in [-0.39, 0.29) is 0 Å². The molecule has 3 heterocycles. The van der Waals surface area contributed by atoms with Gasteiger partial charge in [0.05, 0.1) is 56.0 Å². The van der Waals surface area contributed by atoms with Gasteiger partial charge >= 0.3 is 0 Å². The molecule has 260 valence electrons. The molecule has 11 rings (SSSR count). The van der Waals surface area contributed by atoms with Crippen molar-refractivity contribution in [2.24, 2.45) is 0 Å². The number of hydrogen-bond acceptors (Lipinski definition) is 4. The fourth-order valence-corrected chi connectivity index (χ4v) is 8.61. The molecule has 8 aromatic carbocycles. The molecular weight excluding hydrogens is 687 g/mol. The van der Waals surface area contributed by atoms with Crippen LogP contribution in [-0.2, 0) is 0 Å². The molecule has 6 heteroatoms. The van der Waals surface area contributed by atoms with Gasteiger partial charge in [0.25, 0.3) is 0 Å². The first-order valence-electron chi connectivity index (χ1n) is 18.5. The topological polar surface area (TPSA) is 73.8 Å². The van der Waals surface area contributed by atoms with Crippen LogP contribution in [0.3, 0.4) is 0 Å². The predicted molar refractivity (Wildman–Crippen MR) is 227 cm³/mol. The van der Waals surface area contributed by atoms with Crippen molar-refractivity contribution in [2.45, 2.75) is 0 Å². The first-order valence-corrected chi connectivity index (χ1v) is 18.5. The molecule has 0 unspecified atom stereocenters. The molecule has 0 aliphatic heterocycles. The van der Waals surface area contributed by atoms with E-state index in [1.165, 1.54) is 0 Å². The molecule has 11 aromatic rings. The number of benzene rings is 8. The van der Waals surface area contributed by atoms with E-state index in [9.17, 15) is 10.5 Å². The van der Waals surface area contributed by atoms with Crippen molar-refractivity contribution in [1.82, 2.24) is 9.13 Å². The Morgan fingerprint density at radius 1 is 0.446 bits per heavy atom. The van der Waals surface area contributed by atoms with E-state index in [0.717, 1.165) is 88.3 Å². The molecule has 0 aliphatic carbocycles. The van der Waals surface area contributed by atoms with Crippen LogP contribution in [0.5, 0.6) is 0 Å². The van der Waals surface area contributed by atoms with Crippen LogP contribution in [0.2, 0.25) is 0 Å².